The van der Waals surface area contributed by atoms with Crippen molar-refractivity contribution in [3.8, 4) is 0 Å². The second-order valence-electron chi connectivity index (χ2n) is 7.02. The van der Waals surface area contributed by atoms with Crippen molar-refractivity contribution in [2.75, 3.05) is 18.0 Å². The Bertz CT molecular complexity index is 874. The van der Waals surface area contributed by atoms with Crippen molar-refractivity contribution >= 4 is 23.4 Å². The summed E-state index contributed by atoms with van der Waals surface area (Å²) in [6.45, 7) is 7.93. The Hall–Kier alpha value is -3.15. The highest BCUT2D eigenvalue weighted by atomic mass is 16.5. The molecule has 2 aromatic rings. The minimum Gasteiger partial charge on any atom is -0.460 e. The third-order valence-corrected chi connectivity index (χ3v) is 5.20. The molecule has 152 valence electrons. The van der Waals surface area contributed by atoms with Crippen molar-refractivity contribution in [3.05, 3.63) is 65.7 Å². The Balaban J connectivity index is 1.80. The SMILES string of the molecule is CCN(CC)c1ccc(C2NC(=O)N=C(C)C2C(=O)OCc2ccccc2)cc1. The van der Waals surface area contributed by atoms with Gasteiger partial charge in [0.1, 0.15) is 12.5 Å². The zero-order chi connectivity index (χ0) is 20.8. The van der Waals surface area contributed by atoms with E-state index in [1.807, 2.05) is 54.6 Å². The van der Waals surface area contributed by atoms with Gasteiger partial charge in [0.15, 0.2) is 0 Å². The van der Waals surface area contributed by atoms with E-state index in [2.05, 4.69) is 29.1 Å². The van der Waals surface area contributed by atoms with Crippen LogP contribution >= 0.6 is 0 Å². The Morgan fingerprint density at radius 1 is 1.07 bits per heavy atom. The van der Waals surface area contributed by atoms with E-state index >= 15 is 0 Å². The summed E-state index contributed by atoms with van der Waals surface area (Å²) in [7, 11) is 0. The molecule has 2 amide bonds. The third-order valence-electron chi connectivity index (χ3n) is 5.20. The zero-order valence-electron chi connectivity index (χ0n) is 17.1. The van der Waals surface area contributed by atoms with Crippen molar-refractivity contribution in [1.82, 2.24) is 5.32 Å². The molecule has 29 heavy (non-hydrogen) atoms. The first-order valence-electron chi connectivity index (χ1n) is 9.94. The normalized spacial score (nSPS) is 18.6. The number of esters is 1. The summed E-state index contributed by atoms with van der Waals surface area (Å²) in [5, 5.41) is 2.83. The predicted molar refractivity (Wildman–Crippen MR) is 114 cm³/mol. The second kappa shape index (κ2) is 9.37. The molecule has 1 aliphatic rings. The van der Waals surface area contributed by atoms with Crippen LogP contribution in [0.1, 0.15) is 37.9 Å². The van der Waals surface area contributed by atoms with Crippen LogP contribution in [0.15, 0.2) is 59.6 Å². The first-order chi connectivity index (χ1) is 14.0. The number of anilines is 1. The molecule has 1 aliphatic heterocycles. The van der Waals surface area contributed by atoms with E-state index in [9.17, 15) is 9.59 Å². The predicted octanol–water partition coefficient (Wildman–Crippen LogP) is 4.12. The summed E-state index contributed by atoms with van der Waals surface area (Å²) in [5.41, 5.74) is 3.33. The molecule has 6 nitrogen and oxygen atoms in total. The van der Waals surface area contributed by atoms with Crippen molar-refractivity contribution in [3.63, 3.8) is 0 Å². The van der Waals surface area contributed by atoms with Crippen molar-refractivity contribution in [2.45, 2.75) is 33.4 Å². The molecule has 0 bridgehead atoms. The number of benzene rings is 2. The van der Waals surface area contributed by atoms with Crippen molar-refractivity contribution in [1.29, 1.82) is 0 Å². The smallest absolute Gasteiger partial charge is 0.341 e. The zero-order valence-corrected chi connectivity index (χ0v) is 17.1. The van der Waals surface area contributed by atoms with Gasteiger partial charge in [-0.15, -0.1) is 0 Å². The minimum atomic E-state index is -0.657. The Labute approximate surface area is 171 Å². The van der Waals surface area contributed by atoms with Crippen LogP contribution < -0.4 is 10.2 Å². The number of nitrogens with zero attached hydrogens (tertiary/aromatic N) is 2. The molecule has 0 aromatic heterocycles. The number of ether oxygens (including phenoxy) is 1. The van der Waals surface area contributed by atoms with E-state index in [0.717, 1.165) is 29.9 Å². The van der Waals surface area contributed by atoms with Crippen LogP contribution in [0.25, 0.3) is 0 Å². The highest BCUT2D eigenvalue weighted by molar-refractivity contribution is 6.08. The fourth-order valence-electron chi connectivity index (χ4n) is 3.60. The number of hydrogen-bond acceptors (Lipinski definition) is 4. The number of hydrogen-bond donors (Lipinski definition) is 1. The van der Waals surface area contributed by atoms with Gasteiger partial charge in [-0.05, 0) is 44.0 Å². The summed E-state index contributed by atoms with van der Waals surface area (Å²) in [4.78, 5) is 31.1. The number of amides is 2. The van der Waals surface area contributed by atoms with E-state index in [1.54, 1.807) is 6.92 Å². The molecule has 0 spiro atoms. The molecule has 3 rings (SSSR count). The lowest BCUT2D eigenvalue weighted by Crippen LogP contribution is -2.44. The van der Waals surface area contributed by atoms with Crippen LogP contribution in [0.4, 0.5) is 10.5 Å². The van der Waals surface area contributed by atoms with Gasteiger partial charge >= 0.3 is 12.0 Å². The van der Waals surface area contributed by atoms with E-state index in [-0.39, 0.29) is 6.61 Å². The molecule has 0 saturated heterocycles. The van der Waals surface area contributed by atoms with Gasteiger partial charge in [0.2, 0.25) is 0 Å². The summed E-state index contributed by atoms with van der Waals surface area (Å²) in [5.74, 6) is -1.05. The number of nitrogens with one attached hydrogen (secondary N) is 1. The quantitative estimate of drug-likeness (QED) is 0.719. The van der Waals surface area contributed by atoms with Gasteiger partial charge in [-0.1, -0.05) is 42.5 Å². The van der Waals surface area contributed by atoms with Crippen LogP contribution in [-0.4, -0.2) is 30.8 Å². The van der Waals surface area contributed by atoms with Gasteiger partial charge in [-0.25, -0.2) is 9.79 Å². The molecule has 0 saturated carbocycles. The van der Waals surface area contributed by atoms with E-state index in [0.29, 0.717) is 5.71 Å². The highest BCUT2D eigenvalue weighted by Crippen LogP contribution is 2.29. The van der Waals surface area contributed by atoms with Gasteiger partial charge in [-0.3, -0.25) is 4.79 Å². The second-order valence-corrected chi connectivity index (χ2v) is 7.02. The summed E-state index contributed by atoms with van der Waals surface area (Å²) in [6.07, 6.45) is 0. The van der Waals surface area contributed by atoms with E-state index in [4.69, 9.17) is 4.74 Å². The molecule has 6 heteroatoms. The molecular weight excluding hydrogens is 366 g/mol. The Morgan fingerprint density at radius 3 is 2.34 bits per heavy atom. The first-order valence-corrected chi connectivity index (χ1v) is 9.94. The fourth-order valence-corrected chi connectivity index (χ4v) is 3.60. The Morgan fingerprint density at radius 2 is 1.72 bits per heavy atom. The molecular formula is C23H27N3O3. The van der Waals surface area contributed by atoms with Crippen molar-refractivity contribution < 1.29 is 14.3 Å². The van der Waals surface area contributed by atoms with Crippen LogP contribution in [0, 0.1) is 5.92 Å². The molecule has 0 fully saturated rings. The average molecular weight is 393 g/mol. The molecule has 2 aromatic carbocycles. The van der Waals surface area contributed by atoms with Crippen LogP contribution in [0.3, 0.4) is 0 Å². The maximum atomic E-state index is 12.9. The maximum Gasteiger partial charge on any atom is 0.341 e. The van der Waals surface area contributed by atoms with E-state index in [1.165, 1.54) is 0 Å². The van der Waals surface area contributed by atoms with Gasteiger partial charge in [0.05, 0.1) is 6.04 Å². The van der Waals surface area contributed by atoms with E-state index < -0.39 is 24.0 Å². The molecule has 0 radical (unpaired) electrons. The van der Waals surface area contributed by atoms with Crippen molar-refractivity contribution in [2.24, 2.45) is 10.9 Å². The maximum absolute atomic E-state index is 12.9. The minimum absolute atomic E-state index is 0.186. The monoisotopic (exact) mass is 393 g/mol. The fraction of sp³-hybridized carbons (Fsp3) is 0.348. The third kappa shape index (κ3) is 4.83. The standard InChI is InChI=1S/C23H27N3O3/c1-4-26(5-2)19-13-11-18(12-14-19)21-20(16(3)24-23(28)25-21)22(27)29-15-17-9-7-6-8-10-17/h6-14,20-21H,4-5,15H2,1-3H3,(H,25,28). The van der Waals surface area contributed by atoms with Gasteiger partial charge < -0.3 is 15.0 Å². The highest BCUT2D eigenvalue weighted by Gasteiger charge is 2.38. The molecule has 0 aliphatic carbocycles. The lowest BCUT2D eigenvalue weighted by atomic mass is 9.88. The molecule has 2 atom stereocenters. The van der Waals surface area contributed by atoms with Gasteiger partial charge in [0, 0.05) is 24.5 Å². The van der Waals surface area contributed by atoms with Gasteiger partial charge in [0.25, 0.3) is 0 Å². The van der Waals surface area contributed by atoms with Gasteiger partial charge in [-0.2, -0.15) is 0 Å². The lowest BCUT2D eigenvalue weighted by molar-refractivity contribution is -0.148. The number of carbonyl (C=O) groups is 2. The number of urea groups is 1. The molecule has 1 heterocycles. The van der Waals surface area contributed by atoms with Crippen LogP contribution in [-0.2, 0) is 16.1 Å². The average Bonchev–Trinajstić information content (AvgIpc) is 2.73. The van der Waals surface area contributed by atoms with Crippen LogP contribution in [0.2, 0.25) is 0 Å². The summed E-state index contributed by atoms with van der Waals surface area (Å²) in [6, 6.07) is 16.5. The molecule has 1 N–H and O–H groups in total. The lowest BCUT2D eigenvalue weighted by Gasteiger charge is -2.30. The number of carbonyl (C=O) groups excluding carboxylic acids is 2. The summed E-state index contributed by atoms with van der Waals surface area (Å²) < 4.78 is 5.54. The number of rotatable bonds is 7. The van der Waals surface area contributed by atoms with Crippen LogP contribution in [0.5, 0.6) is 0 Å². The number of aliphatic imine (C=N–C) groups is 1. The molecule has 2 unspecified atom stereocenters. The Kier molecular flexibility index (Phi) is 6.65. The largest absolute Gasteiger partial charge is 0.460 e. The topological polar surface area (TPSA) is 71.0 Å². The summed E-state index contributed by atoms with van der Waals surface area (Å²) >= 11 is 0. The first kappa shape index (κ1) is 20.6.